The third-order valence-corrected chi connectivity index (χ3v) is 6.99. The largest absolute Gasteiger partial charge is 0.429 e. The minimum Gasteiger partial charge on any atom is -0.429 e. The molecule has 2 aromatic carbocycles. The molecule has 0 aromatic heterocycles. The van der Waals surface area contributed by atoms with Crippen LogP contribution in [-0.2, 0) is 0 Å². The van der Waals surface area contributed by atoms with Crippen molar-refractivity contribution < 1.29 is 31.8 Å². The lowest BCUT2D eigenvalue weighted by Gasteiger charge is -2.41. The van der Waals surface area contributed by atoms with Crippen LogP contribution in [0.15, 0.2) is 49.1 Å². The van der Waals surface area contributed by atoms with Gasteiger partial charge in [0.15, 0.2) is 17.4 Å². The van der Waals surface area contributed by atoms with Crippen LogP contribution in [-0.4, -0.2) is 12.6 Å². The van der Waals surface area contributed by atoms with Crippen LogP contribution in [0.1, 0.15) is 60.4 Å². The van der Waals surface area contributed by atoms with E-state index in [1.165, 1.54) is 31.2 Å². The second-order valence-electron chi connectivity index (χ2n) is 8.95. The van der Waals surface area contributed by atoms with Gasteiger partial charge in [-0.15, -0.1) is 6.58 Å². The Balaban J connectivity index is 1.38. The minimum absolute atomic E-state index is 0.229. The highest BCUT2D eigenvalue weighted by molar-refractivity contribution is 5.91. The average molecular weight is 462 g/mol. The lowest BCUT2D eigenvalue weighted by molar-refractivity contribution is -0.0547. The molecule has 2 fully saturated rings. The molecule has 4 rings (SSSR count). The molecule has 0 spiro atoms. The van der Waals surface area contributed by atoms with Crippen LogP contribution >= 0.6 is 0 Å². The summed E-state index contributed by atoms with van der Waals surface area (Å²) in [6.45, 7) is 0.571. The first kappa shape index (κ1) is 23.3. The van der Waals surface area contributed by atoms with Gasteiger partial charge in [-0.05, 0) is 79.9 Å². The summed E-state index contributed by atoms with van der Waals surface area (Å²) in [6.07, 6.45) is 9.22. The highest BCUT2D eigenvalue weighted by Crippen LogP contribution is 2.47. The Morgan fingerprint density at radius 1 is 0.970 bits per heavy atom. The van der Waals surface area contributed by atoms with Gasteiger partial charge in [-0.2, -0.15) is 8.78 Å². The third kappa shape index (κ3) is 5.40. The van der Waals surface area contributed by atoms with Crippen molar-refractivity contribution in [2.45, 2.75) is 51.1 Å². The molecular formula is C26H26F4O3. The van der Waals surface area contributed by atoms with Crippen LogP contribution in [0.3, 0.4) is 0 Å². The topological polar surface area (TPSA) is 35.5 Å². The number of allylic oxidation sites excluding steroid dienone is 1. The number of hydrogen-bond acceptors (Lipinski definition) is 3. The number of esters is 1. The maximum atomic E-state index is 13.8. The quantitative estimate of drug-likeness (QED) is 0.196. The van der Waals surface area contributed by atoms with E-state index in [0.717, 1.165) is 24.7 Å². The van der Waals surface area contributed by atoms with E-state index in [1.807, 2.05) is 12.1 Å². The number of carbonyl (C=O) groups is 1. The SMILES string of the molecule is C=CC1CCC2CC(c3ccc(C(=O)Oc4cc(F)c(OC(F)F)c(F)c4)cc3)CCC2C1. The van der Waals surface area contributed by atoms with Gasteiger partial charge in [-0.25, -0.2) is 13.6 Å². The van der Waals surface area contributed by atoms with Gasteiger partial charge < -0.3 is 9.47 Å². The molecule has 33 heavy (non-hydrogen) atoms. The Bertz CT molecular complexity index is 982. The van der Waals surface area contributed by atoms with E-state index in [2.05, 4.69) is 17.4 Å². The number of benzene rings is 2. The first-order valence-electron chi connectivity index (χ1n) is 11.2. The van der Waals surface area contributed by atoms with Gasteiger partial charge in [0.1, 0.15) is 5.75 Å². The first-order chi connectivity index (χ1) is 15.8. The normalized spacial score (nSPS) is 24.8. The molecule has 0 radical (unpaired) electrons. The molecule has 7 heteroatoms. The number of ether oxygens (including phenoxy) is 2. The van der Waals surface area contributed by atoms with Crippen molar-refractivity contribution in [2.24, 2.45) is 17.8 Å². The van der Waals surface area contributed by atoms with E-state index in [1.54, 1.807) is 12.1 Å². The van der Waals surface area contributed by atoms with E-state index >= 15 is 0 Å². The van der Waals surface area contributed by atoms with Crippen molar-refractivity contribution in [1.29, 1.82) is 0 Å². The maximum Gasteiger partial charge on any atom is 0.387 e. The summed E-state index contributed by atoms with van der Waals surface area (Å²) in [4.78, 5) is 12.4. The summed E-state index contributed by atoms with van der Waals surface area (Å²) in [5.74, 6) is -2.63. The van der Waals surface area contributed by atoms with E-state index < -0.39 is 35.7 Å². The number of fused-ring (bicyclic) bond motifs is 1. The van der Waals surface area contributed by atoms with Crippen molar-refractivity contribution in [3.8, 4) is 11.5 Å². The summed E-state index contributed by atoms with van der Waals surface area (Å²) in [5.41, 5.74) is 1.40. The van der Waals surface area contributed by atoms with Crippen molar-refractivity contribution >= 4 is 5.97 Å². The molecule has 4 atom stereocenters. The molecule has 0 bridgehead atoms. The fourth-order valence-electron chi connectivity index (χ4n) is 5.30. The number of rotatable bonds is 6. The van der Waals surface area contributed by atoms with Gasteiger partial charge >= 0.3 is 12.6 Å². The second kappa shape index (κ2) is 9.98. The molecule has 176 valence electrons. The van der Waals surface area contributed by atoms with Gasteiger partial charge in [-0.3, -0.25) is 0 Å². The van der Waals surface area contributed by atoms with Gasteiger partial charge in [0.25, 0.3) is 0 Å². The number of halogens is 4. The zero-order valence-corrected chi connectivity index (χ0v) is 18.1. The average Bonchev–Trinajstić information content (AvgIpc) is 2.80. The molecule has 0 amide bonds. The van der Waals surface area contributed by atoms with Crippen molar-refractivity contribution in [3.63, 3.8) is 0 Å². The predicted molar refractivity (Wildman–Crippen MR) is 116 cm³/mol. The molecule has 2 aliphatic carbocycles. The Morgan fingerprint density at radius 2 is 1.61 bits per heavy atom. The zero-order chi connectivity index (χ0) is 23.5. The van der Waals surface area contributed by atoms with Crippen LogP contribution in [0.2, 0.25) is 0 Å². The van der Waals surface area contributed by atoms with E-state index in [-0.39, 0.29) is 5.56 Å². The van der Waals surface area contributed by atoms with Gasteiger partial charge in [-0.1, -0.05) is 18.2 Å². The molecule has 0 N–H and O–H groups in total. The first-order valence-corrected chi connectivity index (χ1v) is 11.2. The van der Waals surface area contributed by atoms with Crippen LogP contribution in [0.5, 0.6) is 11.5 Å². The van der Waals surface area contributed by atoms with Gasteiger partial charge in [0, 0.05) is 12.1 Å². The summed E-state index contributed by atoms with van der Waals surface area (Å²) in [6, 6.07) is 8.34. The highest BCUT2D eigenvalue weighted by Gasteiger charge is 2.35. The summed E-state index contributed by atoms with van der Waals surface area (Å²) in [7, 11) is 0. The number of carbonyl (C=O) groups excluding carboxylic acids is 1. The molecule has 0 aliphatic heterocycles. The number of hydrogen-bond donors (Lipinski definition) is 0. The van der Waals surface area contributed by atoms with Crippen molar-refractivity contribution in [3.05, 3.63) is 71.8 Å². The van der Waals surface area contributed by atoms with Crippen LogP contribution in [0.4, 0.5) is 17.6 Å². The van der Waals surface area contributed by atoms with E-state index in [9.17, 15) is 22.4 Å². The molecule has 2 aromatic rings. The monoisotopic (exact) mass is 462 g/mol. The second-order valence-corrected chi connectivity index (χ2v) is 8.95. The Kier molecular flexibility index (Phi) is 7.05. The lowest BCUT2D eigenvalue weighted by Crippen LogP contribution is -2.29. The van der Waals surface area contributed by atoms with Gasteiger partial charge in [0.2, 0.25) is 0 Å². The van der Waals surface area contributed by atoms with E-state index in [4.69, 9.17) is 4.74 Å². The third-order valence-electron chi connectivity index (χ3n) is 6.99. The number of alkyl halides is 2. The Labute approximate surface area is 190 Å². The fourth-order valence-corrected chi connectivity index (χ4v) is 5.30. The van der Waals surface area contributed by atoms with Crippen molar-refractivity contribution in [2.75, 3.05) is 0 Å². The highest BCUT2D eigenvalue weighted by atomic mass is 19.3. The summed E-state index contributed by atoms with van der Waals surface area (Å²) in [5, 5.41) is 0. The lowest BCUT2D eigenvalue weighted by atomic mass is 9.64. The van der Waals surface area contributed by atoms with Crippen molar-refractivity contribution in [1.82, 2.24) is 0 Å². The Morgan fingerprint density at radius 3 is 2.24 bits per heavy atom. The minimum atomic E-state index is -3.38. The molecule has 2 saturated carbocycles. The van der Waals surface area contributed by atoms with Crippen LogP contribution in [0.25, 0.3) is 0 Å². The summed E-state index contributed by atoms with van der Waals surface area (Å²) < 4.78 is 61.0. The van der Waals surface area contributed by atoms with E-state index in [0.29, 0.717) is 24.0 Å². The summed E-state index contributed by atoms with van der Waals surface area (Å²) >= 11 is 0. The predicted octanol–water partition coefficient (Wildman–Crippen LogP) is 7.27. The van der Waals surface area contributed by atoms with Gasteiger partial charge in [0.05, 0.1) is 5.56 Å². The standard InChI is InChI=1S/C26H26F4O3/c1-2-15-3-4-20-12-19(10-9-18(20)11-15)16-5-7-17(8-6-16)25(31)32-21-13-22(27)24(23(28)14-21)33-26(29)30/h2,5-8,13-15,18-20,26H,1,3-4,9-12H2. The molecule has 2 aliphatic rings. The Hall–Kier alpha value is -2.83. The molecule has 0 saturated heterocycles. The molecular weight excluding hydrogens is 436 g/mol. The molecule has 4 unspecified atom stereocenters. The maximum absolute atomic E-state index is 13.8. The zero-order valence-electron chi connectivity index (χ0n) is 18.1. The van der Waals surface area contributed by atoms with Crippen LogP contribution in [0, 0.1) is 29.4 Å². The smallest absolute Gasteiger partial charge is 0.387 e. The molecule has 0 heterocycles. The fraction of sp³-hybridized carbons (Fsp3) is 0.423. The van der Waals surface area contributed by atoms with Crippen LogP contribution < -0.4 is 9.47 Å². The molecule has 3 nitrogen and oxygen atoms in total.